The standard InChI is InChI=1S/C10H13N/c1-3-4-9-7-8(2)5-6-10(9)11/h3-7,10H,1,11H2,2H3. The molecule has 0 fully saturated rings. The second kappa shape index (κ2) is 3.35. The predicted molar refractivity (Wildman–Crippen MR) is 49.2 cm³/mol. The van der Waals surface area contributed by atoms with E-state index in [0.29, 0.717) is 0 Å². The van der Waals surface area contributed by atoms with Crippen molar-refractivity contribution in [3.05, 3.63) is 48.1 Å². The van der Waals surface area contributed by atoms with Crippen LogP contribution in [0.1, 0.15) is 6.92 Å². The highest BCUT2D eigenvalue weighted by Gasteiger charge is 2.05. The van der Waals surface area contributed by atoms with E-state index in [0.717, 1.165) is 5.57 Å². The van der Waals surface area contributed by atoms with E-state index in [1.807, 2.05) is 18.2 Å². The first-order chi connectivity index (χ1) is 5.24. The lowest BCUT2D eigenvalue weighted by atomic mass is 9.98. The lowest BCUT2D eigenvalue weighted by molar-refractivity contribution is 0.963. The highest BCUT2D eigenvalue weighted by molar-refractivity contribution is 5.41. The summed E-state index contributed by atoms with van der Waals surface area (Å²) in [5.41, 5.74) is 8.14. The molecule has 0 radical (unpaired) electrons. The molecule has 1 unspecified atom stereocenters. The first-order valence-electron chi connectivity index (χ1n) is 3.68. The van der Waals surface area contributed by atoms with Gasteiger partial charge in [-0.25, -0.2) is 0 Å². The quantitative estimate of drug-likeness (QED) is 0.602. The van der Waals surface area contributed by atoms with Crippen molar-refractivity contribution in [2.45, 2.75) is 13.0 Å². The van der Waals surface area contributed by atoms with Gasteiger partial charge in [0.2, 0.25) is 0 Å². The Kier molecular flexibility index (Phi) is 2.44. The van der Waals surface area contributed by atoms with Gasteiger partial charge in [0.1, 0.15) is 0 Å². The van der Waals surface area contributed by atoms with E-state index in [1.165, 1.54) is 5.57 Å². The average molecular weight is 147 g/mol. The maximum atomic E-state index is 5.78. The Balaban J connectivity index is 2.89. The van der Waals surface area contributed by atoms with Crippen LogP contribution in [-0.2, 0) is 0 Å². The minimum atomic E-state index is 0.0386. The third-order valence-electron chi connectivity index (χ3n) is 1.66. The maximum Gasteiger partial charge on any atom is 0.0484 e. The summed E-state index contributed by atoms with van der Waals surface area (Å²) in [6, 6.07) is 0.0386. The fraction of sp³-hybridized carbons (Fsp3) is 0.200. The summed E-state index contributed by atoms with van der Waals surface area (Å²) in [5, 5.41) is 0. The van der Waals surface area contributed by atoms with Gasteiger partial charge in [0.15, 0.2) is 0 Å². The van der Waals surface area contributed by atoms with Crippen LogP contribution in [0.3, 0.4) is 0 Å². The lowest BCUT2D eigenvalue weighted by Crippen LogP contribution is -2.20. The van der Waals surface area contributed by atoms with Gasteiger partial charge in [-0.1, -0.05) is 42.5 Å². The number of hydrogen-bond donors (Lipinski definition) is 1. The zero-order chi connectivity index (χ0) is 8.27. The topological polar surface area (TPSA) is 26.0 Å². The molecule has 1 nitrogen and oxygen atoms in total. The number of hydrogen-bond acceptors (Lipinski definition) is 1. The van der Waals surface area contributed by atoms with Gasteiger partial charge in [0.05, 0.1) is 0 Å². The predicted octanol–water partition coefficient (Wildman–Crippen LogP) is 1.94. The highest BCUT2D eigenvalue weighted by atomic mass is 14.6. The number of nitrogens with two attached hydrogens (primary N) is 1. The Morgan fingerprint density at radius 2 is 2.36 bits per heavy atom. The molecule has 1 aliphatic rings. The van der Waals surface area contributed by atoms with Crippen LogP contribution < -0.4 is 5.73 Å². The minimum Gasteiger partial charge on any atom is -0.321 e. The van der Waals surface area contributed by atoms with Gasteiger partial charge in [0.25, 0.3) is 0 Å². The molecular formula is C10H13N. The van der Waals surface area contributed by atoms with Crippen molar-refractivity contribution in [2.24, 2.45) is 5.73 Å². The normalized spacial score (nSPS) is 26.9. The van der Waals surface area contributed by atoms with E-state index in [2.05, 4.69) is 19.6 Å². The van der Waals surface area contributed by atoms with E-state index in [9.17, 15) is 0 Å². The van der Waals surface area contributed by atoms with Crippen LogP contribution >= 0.6 is 0 Å². The Labute approximate surface area is 67.6 Å². The van der Waals surface area contributed by atoms with Crippen LogP contribution in [0.2, 0.25) is 0 Å². The molecule has 0 amide bonds. The van der Waals surface area contributed by atoms with E-state index in [-0.39, 0.29) is 6.04 Å². The summed E-state index contributed by atoms with van der Waals surface area (Å²) >= 11 is 0. The molecule has 1 aliphatic carbocycles. The van der Waals surface area contributed by atoms with Crippen LogP contribution in [0.25, 0.3) is 0 Å². The molecule has 0 spiro atoms. The van der Waals surface area contributed by atoms with Gasteiger partial charge in [0, 0.05) is 6.04 Å². The molecule has 1 heteroatoms. The van der Waals surface area contributed by atoms with Gasteiger partial charge in [-0.2, -0.15) is 0 Å². The van der Waals surface area contributed by atoms with Crippen LogP contribution in [0, 0.1) is 0 Å². The fourth-order valence-corrected chi connectivity index (χ4v) is 1.07. The smallest absolute Gasteiger partial charge is 0.0484 e. The summed E-state index contributed by atoms with van der Waals surface area (Å²) in [7, 11) is 0. The first-order valence-corrected chi connectivity index (χ1v) is 3.68. The molecule has 1 atom stereocenters. The molecule has 0 aliphatic heterocycles. The Morgan fingerprint density at radius 1 is 1.64 bits per heavy atom. The Morgan fingerprint density at radius 3 is 3.00 bits per heavy atom. The summed E-state index contributed by atoms with van der Waals surface area (Å²) < 4.78 is 0. The molecule has 11 heavy (non-hydrogen) atoms. The van der Waals surface area contributed by atoms with Crippen LogP contribution in [-0.4, -0.2) is 6.04 Å². The molecule has 0 aromatic carbocycles. The van der Waals surface area contributed by atoms with Crippen molar-refractivity contribution < 1.29 is 0 Å². The van der Waals surface area contributed by atoms with Gasteiger partial charge in [-0.3, -0.25) is 0 Å². The average Bonchev–Trinajstić information content (AvgIpc) is 1.98. The van der Waals surface area contributed by atoms with Gasteiger partial charge in [-0.05, 0) is 12.5 Å². The van der Waals surface area contributed by atoms with Crippen LogP contribution in [0.5, 0.6) is 0 Å². The van der Waals surface area contributed by atoms with E-state index < -0.39 is 0 Å². The molecule has 0 saturated carbocycles. The SMILES string of the molecule is C=CC=C1C=C(C)C=CC1N. The minimum absolute atomic E-state index is 0.0386. The van der Waals surface area contributed by atoms with Crippen molar-refractivity contribution in [3.8, 4) is 0 Å². The van der Waals surface area contributed by atoms with Crippen molar-refractivity contribution in [1.82, 2.24) is 0 Å². The third kappa shape index (κ3) is 1.92. The zero-order valence-corrected chi connectivity index (χ0v) is 6.75. The second-order valence-electron chi connectivity index (χ2n) is 2.68. The van der Waals surface area contributed by atoms with Crippen LogP contribution in [0.4, 0.5) is 0 Å². The van der Waals surface area contributed by atoms with Crippen molar-refractivity contribution in [2.75, 3.05) is 0 Å². The Bertz CT molecular complexity index is 244. The van der Waals surface area contributed by atoms with E-state index >= 15 is 0 Å². The molecule has 0 bridgehead atoms. The molecule has 58 valence electrons. The van der Waals surface area contributed by atoms with Gasteiger partial charge >= 0.3 is 0 Å². The monoisotopic (exact) mass is 147 g/mol. The Hall–Kier alpha value is -1.08. The fourth-order valence-electron chi connectivity index (χ4n) is 1.07. The second-order valence-corrected chi connectivity index (χ2v) is 2.68. The highest BCUT2D eigenvalue weighted by Crippen LogP contribution is 2.14. The third-order valence-corrected chi connectivity index (χ3v) is 1.66. The van der Waals surface area contributed by atoms with Crippen molar-refractivity contribution in [1.29, 1.82) is 0 Å². The maximum absolute atomic E-state index is 5.78. The first kappa shape index (κ1) is 8.02. The summed E-state index contributed by atoms with van der Waals surface area (Å²) in [5.74, 6) is 0. The molecular weight excluding hydrogens is 134 g/mol. The van der Waals surface area contributed by atoms with E-state index in [1.54, 1.807) is 6.08 Å². The lowest BCUT2D eigenvalue weighted by Gasteiger charge is -2.12. The van der Waals surface area contributed by atoms with E-state index in [4.69, 9.17) is 5.73 Å². The number of allylic oxidation sites excluding steroid dienone is 4. The molecule has 1 rings (SSSR count). The molecule has 0 aromatic heterocycles. The largest absolute Gasteiger partial charge is 0.321 e. The molecule has 0 heterocycles. The van der Waals surface area contributed by atoms with Crippen molar-refractivity contribution >= 4 is 0 Å². The van der Waals surface area contributed by atoms with Crippen LogP contribution in [0.15, 0.2) is 48.1 Å². The zero-order valence-electron chi connectivity index (χ0n) is 6.75. The van der Waals surface area contributed by atoms with Crippen molar-refractivity contribution in [3.63, 3.8) is 0 Å². The van der Waals surface area contributed by atoms with Gasteiger partial charge in [-0.15, -0.1) is 0 Å². The summed E-state index contributed by atoms with van der Waals surface area (Å²) in [6.07, 6.45) is 9.80. The number of rotatable bonds is 1. The molecule has 0 saturated heterocycles. The summed E-state index contributed by atoms with van der Waals surface area (Å²) in [6.45, 7) is 5.68. The van der Waals surface area contributed by atoms with Gasteiger partial charge < -0.3 is 5.73 Å². The molecule has 0 aromatic rings. The summed E-state index contributed by atoms with van der Waals surface area (Å²) in [4.78, 5) is 0. The molecule has 2 N–H and O–H groups in total.